The fourth-order valence-corrected chi connectivity index (χ4v) is 4.41. The lowest BCUT2D eigenvalue weighted by Crippen LogP contribution is -2.32. The average Bonchev–Trinajstić information content (AvgIpc) is 3.36. The molecule has 2 heterocycles. The maximum atomic E-state index is 15.3. The van der Waals surface area contributed by atoms with E-state index in [1.54, 1.807) is 11.5 Å². The monoisotopic (exact) mass is 376 g/mol. The van der Waals surface area contributed by atoms with Gasteiger partial charge in [-0.05, 0) is 25.2 Å². The van der Waals surface area contributed by atoms with Crippen molar-refractivity contribution in [3.8, 4) is 0 Å². The maximum Gasteiger partial charge on any atom is 0.329 e. The van der Waals surface area contributed by atoms with Crippen LogP contribution in [-0.4, -0.2) is 34.4 Å². The third-order valence-corrected chi connectivity index (χ3v) is 6.16. The van der Waals surface area contributed by atoms with E-state index in [1.807, 2.05) is 18.7 Å². The summed E-state index contributed by atoms with van der Waals surface area (Å²) in [5.74, 6) is -0.640. The Kier molecular flexibility index (Phi) is 3.89. The van der Waals surface area contributed by atoms with Crippen molar-refractivity contribution in [1.82, 2.24) is 9.55 Å². The Labute approximate surface area is 155 Å². The normalized spacial score (nSPS) is 22.0. The summed E-state index contributed by atoms with van der Waals surface area (Å²) in [5, 5.41) is 9.73. The summed E-state index contributed by atoms with van der Waals surface area (Å²) in [6.45, 7) is 6.87. The molecule has 0 amide bonds. The molecule has 8 heteroatoms. The van der Waals surface area contributed by atoms with Gasteiger partial charge in [-0.25, -0.2) is 9.18 Å². The highest BCUT2D eigenvalue weighted by Gasteiger charge is 2.41. The number of nitrogen functional groups attached to an aromatic ring is 1. The Morgan fingerprint density at radius 3 is 2.56 bits per heavy atom. The Balaban J connectivity index is 2.02. The molecule has 2 aliphatic rings. The molecule has 1 saturated carbocycles. The average molecular weight is 376 g/mol. The number of rotatable bonds is 3. The van der Waals surface area contributed by atoms with Gasteiger partial charge in [0.05, 0.1) is 22.3 Å². The van der Waals surface area contributed by atoms with Gasteiger partial charge in [-0.1, -0.05) is 13.8 Å². The van der Waals surface area contributed by atoms with Crippen LogP contribution < -0.4 is 21.9 Å². The van der Waals surface area contributed by atoms with Crippen molar-refractivity contribution in [3.63, 3.8) is 0 Å². The predicted octanol–water partition coefficient (Wildman–Crippen LogP) is 1.51. The van der Waals surface area contributed by atoms with Crippen molar-refractivity contribution in [2.24, 2.45) is 11.3 Å². The van der Waals surface area contributed by atoms with Crippen LogP contribution in [0.4, 0.5) is 15.8 Å². The summed E-state index contributed by atoms with van der Waals surface area (Å²) >= 11 is 0. The molecular formula is C19H25FN4O3. The molecule has 7 nitrogen and oxygen atoms in total. The van der Waals surface area contributed by atoms with Gasteiger partial charge in [0.15, 0.2) is 5.82 Å². The molecule has 1 aliphatic heterocycles. The van der Waals surface area contributed by atoms with E-state index < -0.39 is 17.1 Å². The second-order valence-corrected chi connectivity index (χ2v) is 8.53. The third kappa shape index (κ3) is 2.57. The molecular weight excluding hydrogens is 351 g/mol. The number of nitrogens with two attached hydrogens (primary N) is 1. The summed E-state index contributed by atoms with van der Waals surface area (Å²) in [5.41, 5.74) is 5.77. The first-order valence-electron chi connectivity index (χ1n) is 9.29. The molecule has 1 unspecified atom stereocenters. The van der Waals surface area contributed by atoms with Crippen molar-refractivity contribution >= 4 is 22.3 Å². The zero-order valence-corrected chi connectivity index (χ0v) is 15.8. The molecule has 1 aliphatic carbocycles. The standard InChI is InChI=1S/C19H25FN4O3/c1-9-15-12(17(26)22-18(27)24(15)11-4-5-11)14(21)13(20)16(9)23-6-10(7-25)19(2,3)8-23/h10-11,25H,4-8,21H2,1-3H3,(H,22,26,27). The number of fused-ring (bicyclic) bond motifs is 1. The first kappa shape index (κ1) is 18.0. The highest BCUT2D eigenvalue weighted by atomic mass is 19.1. The zero-order valence-electron chi connectivity index (χ0n) is 15.8. The van der Waals surface area contributed by atoms with Crippen LogP contribution in [0.2, 0.25) is 0 Å². The summed E-state index contributed by atoms with van der Waals surface area (Å²) in [7, 11) is 0. The number of aryl methyl sites for hydroxylation is 1. The summed E-state index contributed by atoms with van der Waals surface area (Å²) in [6, 6.07) is 0.00784. The van der Waals surface area contributed by atoms with Gasteiger partial charge in [0.2, 0.25) is 0 Å². The number of hydrogen-bond donors (Lipinski definition) is 3. The van der Waals surface area contributed by atoms with Gasteiger partial charge in [-0.3, -0.25) is 14.3 Å². The summed E-state index contributed by atoms with van der Waals surface area (Å²) in [6.07, 6.45) is 1.69. The molecule has 27 heavy (non-hydrogen) atoms. The summed E-state index contributed by atoms with van der Waals surface area (Å²) in [4.78, 5) is 29.0. The first-order chi connectivity index (χ1) is 12.7. The van der Waals surface area contributed by atoms with Gasteiger partial charge in [0, 0.05) is 37.2 Å². The largest absolute Gasteiger partial charge is 0.396 e. The van der Waals surface area contributed by atoms with Crippen LogP contribution in [0.15, 0.2) is 9.59 Å². The molecule has 146 valence electrons. The van der Waals surface area contributed by atoms with Crippen molar-refractivity contribution in [3.05, 3.63) is 32.2 Å². The maximum absolute atomic E-state index is 15.3. The molecule has 0 bridgehead atoms. The highest BCUT2D eigenvalue weighted by Crippen LogP contribution is 2.44. The molecule has 1 saturated heterocycles. The van der Waals surface area contributed by atoms with Gasteiger partial charge >= 0.3 is 5.69 Å². The molecule has 1 atom stereocenters. The van der Waals surface area contributed by atoms with E-state index in [-0.39, 0.29) is 35.1 Å². The third-order valence-electron chi connectivity index (χ3n) is 6.16. The van der Waals surface area contributed by atoms with Crippen LogP contribution in [0, 0.1) is 24.1 Å². The lowest BCUT2D eigenvalue weighted by molar-refractivity contribution is 0.161. The molecule has 1 aromatic heterocycles. The number of aliphatic hydroxyl groups is 1. The van der Waals surface area contributed by atoms with Crippen LogP contribution >= 0.6 is 0 Å². The number of benzene rings is 1. The van der Waals surface area contributed by atoms with E-state index >= 15 is 4.39 Å². The Morgan fingerprint density at radius 2 is 2.00 bits per heavy atom. The smallest absolute Gasteiger partial charge is 0.329 e. The highest BCUT2D eigenvalue weighted by molar-refractivity contribution is 5.97. The number of H-pyrrole nitrogens is 1. The number of anilines is 2. The predicted molar refractivity (Wildman–Crippen MR) is 103 cm³/mol. The van der Waals surface area contributed by atoms with E-state index in [0.29, 0.717) is 29.9 Å². The molecule has 0 radical (unpaired) electrons. The van der Waals surface area contributed by atoms with Crippen molar-refractivity contribution < 1.29 is 9.50 Å². The van der Waals surface area contributed by atoms with E-state index in [9.17, 15) is 14.7 Å². The minimum atomic E-state index is -0.659. The second-order valence-electron chi connectivity index (χ2n) is 8.53. The molecule has 2 fully saturated rings. The number of nitrogens with zero attached hydrogens (tertiary/aromatic N) is 2. The van der Waals surface area contributed by atoms with Crippen molar-refractivity contribution in [2.45, 2.75) is 39.7 Å². The van der Waals surface area contributed by atoms with E-state index in [2.05, 4.69) is 4.98 Å². The van der Waals surface area contributed by atoms with E-state index in [0.717, 1.165) is 12.8 Å². The van der Waals surface area contributed by atoms with Crippen LogP contribution in [0.5, 0.6) is 0 Å². The molecule has 2 aromatic rings. The quantitative estimate of drug-likeness (QED) is 0.705. The van der Waals surface area contributed by atoms with Crippen LogP contribution in [-0.2, 0) is 0 Å². The van der Waals surface area contributed by atoms with Gasteiger partial charge in [-0.15, -0.1) is 0 Å². The van der Waals surface area contributed by atoms with Crippen molar-refractivity contribution in [1.29, 1.82) is 0 Å². The number of nitrogens with one attached hydrogen (secondary N) is 1. The van der Waals surface area contributed by atoms with Gasteiger partial charge < -0.3 is 15.7 Å². The number of hydrogen-bond acceptors (Lipinski definition) is 5. The number of aliphatic hydroxyl groups excluding tert-OH is 1. The number of aromatic amines is 1. The minimum Gasteiger partial charge on any atom is -0.396 e. The molecule has 1 aromatic carbocycles. The fourth-order valence-electron chi connectivity index (χ4n) is 4.41. The van der Waals surface area contributed by atoms with Crippen LogP contribution in [0.3, 0.4) is 0 Å². The molecule has 4 rings (SSSR count). The number of aromatic nitrogens is 2. The van der Waals surface area contributed by atoms with E-state index in [1.165, 1.54) is 0 Å². The van der Waals surface area contributed by atoms with Crippen LogP contribution in [0.25, 0.3) is 10.9 Å². The van der Waals surface area contributed by atoms with Crippen LogP contribution in [0.1, 0.15) is 38.3 Å². The van der Waals surface area contributed by atoms with Gasteiger partial charge in [0.1, 0.15) is 0 Å². The van der Waals surface area contributed by atoms with Crippen molar-refractivity contribution in [2.75, 3.05) is 30.3 Å². The Morgan fingerprint density at radius 1 is 1.33 bits per heavy atom. The van der Waals surface area contributed by atoms with E-state index in [4.69, 9.17) is 5.73 Å². The lowest BCUT2D eigenvalue weighted by Gasteiger charge is -2.26. The Bertz CT molecular complexity index is 1050. The minimum absolute atomic E-state index is 0.00183. The Hall–Kier alpha value is -2.35. The molecule has 0 spiro atoms. The summed E-state index contributed by atoms with van der Waals surface area (Å²) < 4.78 is 16.8. The second kappa shape index (κ2) is 5.82. The lowest BCUT2D eigenvalue weighted by atomic mass is 9.83. The van der Waals surface area contributed by atoms with Gasteiger partial charge in [0.25, 0.3) is 5.56 Å². The fraction of sp³-hybridized carbons (Fsp3) is 0.579. The van der Waals surface area contributed by atoms with Gasteiger partial charge in [-0.2, -0.15) is 0 Å². The first-order valence-corrected chi connectivity index (χ1v) is 9.29. The SMILES string of the molecule is Cc1c(N2CC(CO)C(C)(C)C2)c(F)c(N)c2c(=O)[nH]c(=O)n(C3CC3)c12. The zero-order chi connectivity index (χ0) is 19.7. The molecule has 4 N–H and O–H groups in total. The number of halogens is 1. The topological polar surface area (TPSA) is 104 Å².